The summed E-state index contributed by atoms with van der Waals surface area (Å²) >= 11 is 6.06. The molecule has 0 spiro atoms. The van der Waals surface area contributed by atoms with E-state index in [-0.39, 0.29) is 22.4 Å². The van der Waals surface area contributed by atoms with Crippen molar-refractivity contribution in [2.75, 3.05) is 26.2 Å². The highest BCUT2D eigenvalue weighted by atomic mass is 35.5. The average Bonchev–Trinajstić information content (AvgIpc) is 3.42. The Morgan fingerprint density at radius 1 is 0.939 bits per heavy atom. The highest BCUT2D eigenvalue weighted by Gasteiger charge is 2.32. The highest BCUT2D eigenvalue weighted by molar-refractivity contribution is 6.33. The molecule has 8 heteroatoms. The van der Waals surface area contributed by atoms with Crippen molar-refractivity contribution in [3.8, 4) is 5.69 Å². The van der Waals surface area contributed by atoms with E-state index >= 15 is 0 Å². The van der Waals surface area contributed by atoms with Crippen LogP contribution in [0.1, 0.15) is 44.1 Å². The summed E-state index contributed by atoms with van der Waals surface area (Å²) < 4.78 is 15.2. The number of halogens is 2. The summed E-state index contributed by atoms with van der Waals surface area (Å²) in [4.78, 5) is 29.6. The smallest absolute Gasteiger partial charge is 0.274 e. The van der Waals surface area contributed by atoms with E-state index in [1.807, 2.05) is 35.9 Å². The second kappa shape index (κ2) is 8.63. The molecule has 0 bridgehead atoms. The number of hydrogen-bond acceptors (Lipinski definition) is 3. The molecule has 0 N–H and O–H groups in total. The number of amides is 2. The van der Waals surface area contributed by atoms with Gasteiger partial charge in [0.2, 0.25) is 0 Å². The van der Waals surface area contributed by atoms with Crippen molar-refractivity contribution in [1.82, 2.24) is 19.6 Å². The largest absolute Gasteiger partial charge is 0.335 e. The van der Waals surface area contributed by atoms with E-state index in [9.17, 15) is 14.0 Å². The molecule has 0 unspecified atom stereocenters. The quantitative estimate of drug-likeness (QED) is 0.585. The molecular formula is C25H24ClFN4O2. The third-order valence-electron chi connectivity index (χ3n) is 6.43. The first-order chi connectivity index (χ1) is 15.9. The highest BCUT2D eigenvalue weighted by Crippen LogP contribution is 2.29. The van der Waals surface area contributed by atoms with E-state index in [1.54, 1.807) is 9.80 Å². The fourth-order valence-electron chi connectivity index (χ4n) is 4.60. The van der Waals surface area contributed by atoms with Crippen LogP contribution in [0.3, 0.4) is 0 Å². The van der Waals surface area contributed by atoms with Crippen molar-refractivity contribution in [3.05, 3.63) is 81.4 Å². The van der Waals surface area contributed by atoms with Crippen LogP contribution in [0.25, 0.3) is 5.69 Å². The number of benzene rings is 2. The molecule has 0 radical (unpaired) electrons. The number of aromatic nitrogens is 2. The summed E-state index contributed by atoms with van der Waals surface area (Å²) in [6.07, 6.45) is 2.77. The standard InChI is InChI=1S/C25H24ClFN4O2/c1-16-5-8-18(9-6-16)31-22-4-2-3-20(22)23(28-31)25(33)30-13-11-29(12-14-30)24(32)19-10-7-17(27)15-21(19)26/h5-10,15H,2-4,11-14H2,1H3. The van der Waals surface area contributed by atoms with E-state index in [2.05, 4.69) is 0 Å². The minimum Gasteiger partial charge on any atom is -0.335 e. The summed E-state index contributed by atoms with van der Waals surface area (Å²) in [6.45, 7) is 3.64. The van der Waals surface area contributed by atoms with Gasteiger partial charge in [0.05, 0.1) is 16.3 Å². The fourth-order valence-corrected chi connectivity index (χ4v) is 4.85. The molecule has 1 aliphatic heterocycles. The van der Waals surface area contributed by atoms with Gasteiger partial charge in [-0.1, -0.05) is 29.3 Å². The molecule has 0 saturated carbocycles. The molecule has 1 aliphatic carbocycles. The molecule has 33 heavy (non-hydrogen) atoms. The monoisotopic (exact) mass is 466 g/mol. The second-order valence-corrected chi connectivity index (χ2v) is 8.99. The Labute approximate surface area is 196 Å². The molecule has 2 aromatic carbocycles. The minimum atomic E-state index is -0.482. The van der Waals surface area contributed by atoms with Crippen LogP contribution in [-0.2, 0) is 12.8 Å². The zero-order valence-electron chi connectivity index (χ0n) is 18.4. The van der Waals surface area contributed by atoms with Crippen molar-refractivity contribution in [1.29, 1.82) is 0 Å². The van der Waals surface area contributed by atoms with Crippen LogP contribution in [0, 0.1) is 12.7 Å². The van der Waals surface area contributed by atoms with Gasteiger partial charge in [-0.3, -0.25) is 9.59 Å². The molecule has 1 fully saturated rings. The van der Waals surface area contributed by atoms with Crippen LogP contribution in [0.4, 0.5) is 4.39 Å². The van der Waals surface area contributed by atoms with Crippen LogP contribution in [0.15, 0.2) is 42.5 Å². The van der Waals surface area contributed by atoms with Crippen molar-refractivity contribution in [3.63, 3.8) is 0 Å². The van der Waals surface area contributed by atoms with E-state index in [0.717, 1.165) is 42.3 Å². The lowest BCUT2D eigenvalue weighted by atomic mass is 10.1. The first kappa shape index (κ1) is 21.6. The summed E-state index contributed by atoms with van der Waals surface area (Å²) in [7, 11) is 0. The number of piperazine rings is 1. The first-order valence-corrected chi connectivity index (χ1v) is 11.5. The zero-order chi connectivity index (χ0) is 23.1. The van der Waals surface area contributed by atoms with Gasteiger partial charge < -0.3 is 9.80 Å². The number of rotatable bonds is 3. The van der Waals surface area contributed by atoms with Gasteiger partial charge in [-0.2, -0.15) is 5.10 Å². The Balaban J connectivity index is 1.32. The van der Waals surface area contributed by atoms with Gasteiger partial charge in [0, 0.05) is 37.4 Å². The number of fused-ring (bicyclic) bond motifs is 1. The SMILES string of the molecule is Cc1ccc(-n2nc(C(=O)N3CCN(C(=O)c4ccc(F)cc4Cl)CC3)c3c2CCC3)cc1. The van der Waals surface area contributed by atoms with Gasteiger partial charge in [0.25, 0.3) is 11.8 Å². The van der Waals surface area contributed by atoms with Crippen LogP contribution < -0.4 is 0 Å². The second-order valence-electron chi connectivity index (χ2n) is 8.58. The Bertz CT molecular complexity index is 1230. The summed E-state index contributed by atoms with van der Waals surface area (Å²) in [5.74, 6) is -0.827. The van der Waals surface area contributed by atoms with E-state index in [1.165, 1.54) is 17.7 Å². The van der Waals surface area contributed by atoms with Crippen molar-refractivity contribution < 1.29 is 14.0 Å². The molecule has 5 rings (SSSR count). The predicted octanol–water partition coefficient (Wildman–Crippen LogP) is 4.06. The fraction of sp³-hybridized carbons (Fsp3) is 0.320. The normalized spacial score (nSPS) is 15.6. The lowest BCUT2D eigenvalue weighted by Gasteiger charge is -2.34. The lowest BCUT2D eigenvalue weighted by Crippen LogP contribution is -2.50. The maximum absolute atomic E-state index is 13.4. The number of aryl methyl sites for hydroxylation is 1. The van der Waals surface area contributed by atoms with Crippen LogP contribution in [0.5, 0.6) is 0 Å². The topological polar surface area (TPSA) is 58.4 Å². The van der Waals surface area contributed by atoms with E-state index < -0.39 is 5.82 Å². The number of nitrogens with zero attached hydrogens (tertiary/aromatic N) is 4. The molecule has 170 valence electrons. The van der Waals surface area contributed by atoms with Gasteiger partial charge in [-0.25, -0.2) is 9.07 Å². The van der Waals surface area contributed by atoms with Gasteiger partial charge in [0.1, 0.15) is 5.82 Å². The number of carbonyl (C=O) groups excluding carboxylic acids is 2. The maximum atomic E-state index is 13.4. The third kappa shape index (κ3) is 4.02. The molecule has 1 aromatic heterocycles. The van der Waals surface area contributed by atoms with Gasteiger partial charge >= 0.3 is 0 Å². The Kier molecular flexibility index (Phi) is 5.66. The molecular weight excluding hydrogens is 443 g/mol. The maximum Gasteiger partial charge on any atom is 0.274 e. The van der Waals surface area contributed by atoms with Gasteiger partial charge in [0.15, 0.2) is 5.69 Å². The van der Waals surface area contributed by atoms with E-state index in [4.69, 9.17) is 16.7 Å². The first-order valence-electron chi connectivity index (χ1n) is 11.1. The predicted molar refractivity (Wildman–Crippen MR) is 124 cm³/mol. The summed E-state index contributed by atoms with van der Waals surface area (Å²) in [6, 6.07) is 11.9. The number of hydrogen-bond donors (Lipinski definition) is 0. The molecule has 0 atom stereocenters. The van der Waals surface area contributed by atoms with Gasteiger partial charge in [-0.15, -0.1) is 0 Å². The Morgan fingerprint density at radius 3 is 2.27 bits per heavy atom. The molecule has 2 aliphatic rings. The lowest BCUT2D eigenvalue weighted by molar-refractivity contribution is 0.0531. The molecule has 2 amide bonds. The zero-order valence-corrected chi connectivity index (χ0v) is 19.1. The van der Waals surface area contributed by atoms with Crippen LogP contribution >= 0.6 is 11.6 Å². The van der Waals surface area contributed by atoms with Crippen LogP contribution in [0.2, 0.25) is 5.02 Å². The molecule has 6 nitrogen and oxygen atoms in total. The summed E-state index contributed by atoms with van der Waals surface area (Å²) in [5, 5.41) is 4.81. The molecule has 3 aromatic rings. The molecule has 2 heterocycles. The van der Waals surface area contributed by atoms with Crippen molar-refractivity contribution in [2.24, 2.45) is 0 Å². The van der Waals surface area contributed by atoms with E-state index in [0.29, 0.717) is 31.9 Å². The third-order valence-corrected chi connectivity index (χ3v) is 6.74. The summed E-state index contributed by atoms with van der Waals surface area (Å²) in [5.41, 5.74) is 5.08. The van der Waals surface area contributed by atoms with Gasteiger partial charge in [-0.05, 0) is 56.5 Å². The Hall–Kier alpha value is -3.19. The van der Waals surface area contributed by atoms with Crippen LogP contribution in [-0.4, -0.2) is 57.6 Å². The average molecular weight is 467 g/mol. The molecule has 1 saturated heterocycles. The van der Waals surface area contributed by atoms with Crippen molar-refractivity contribution >= 4 is 23.4 Å². The van der Waals surface area contributed by atoms with Crippen molar-refractivity contribution in [2.45, 2.75) is 26.2 Å². The number of carbonyl (C=O) groups is 2. The minimum absolute atomic E-state index is 0.0917. The Morgan fingerprint density at radius 2 is 1.61 bits per heavy atom.